The smallest absolute Gasteiger partial charge is 0.331 e. The molecule has 1 atom stereocenters. The molecule has 0 bridgehead atoms. The molecule has 1 aromatic carbocycles. The first-order chi connectivity index (χ1) is 8.65. The molecule has 0 aliphatic heterocycles. The first kappa shape index (κ1) is 14.7. The fourth-order valence-corrected chi connectivity index (χ4v) is 1.39. The number of Topliss-reactive ketones (excluding diaryl/α,β-unsaturated/α-hetero) is 1. The SMILES string of the molecule is CCOC(=O)C(Cl)C(=O)COCc1ccccc1. The highest BCUT2D eigenvalue weighted by atomic mass is 35.5. The number of hydrogen-bond acceptors (Lipinski definition) is 4. The monoisotopic (exact) mass is 270 g/mol. The molecule has 0 fully saturated rings. The van der Waals surface area contributed by atoms with Crippen LogP contribution in [0.15, 0.2) is 30.3 Å². The van der Waals surface area contributed by atoms with Crippen molar-refractivity contribution in [1.82, 2.24) is 0 Å². The van der Waals surface area contributed by atoms with Gasteiger partial charge in [-0.25, -0.2) is 4.79 Å². The van der Waals surface area contributed by atoms with Gasteiger partial charge in [0.05, 0.1) is 13.2 Å². The lowest BCUT2D eigenvalue weighted by Gasteiger charge is -2.08. The van der Waals surface area contributed by atoms with E-state index in [1.54, 1.807) is 6.92 Å². The molecule has 0 radical (unpaired) electrons. The third kappa shape index (κ3) is 4.85. The minimum absolute atomic E-state index is 0.195. The molecule has 1 aromatic rings. The maximum atomic E-state index is 11.5. The molecule has 0 saturated heterocycles. The average molecular weight is 271 g/mol. The molecule has 0 N–H and O–H groups in total. The number of esters is 1. The number of benzene rings is 1. The molecule has 0 heterocycles. The summed E-state index contributed by atoms with van der Waals surface area (Å²) in [6, 6.07) is 9.42. The van der Waals surface area contributed by atoms with Crippen LogP contribution in [0, 0.1) is 0 Å². The van der Waals surface area contributed by atoms with Gasteiger partial charge in [0.25, 0.3) is 0 Å². The number of rotatable bonds is 7. The largest absolute Gasteiger partial charge is 0.465 e. The van der Waals surface area contributed by atoms with Gasteiger partial charge < -0.3 is 9.47 Å². The van der Waals surface area contributed by atoms with Crippen LogP contribution in [0.5, 0.6) is 0 Å². The molecule has 0 aliphatic carbocycles. The van der Waals surface area contributed by atoms with Crippen molar-refractivity contribution in [3.05, 3.63) is 35.9 Å². The van der Waals surface area contributed by atoms with Gasteiger partial charge in [-0.1, -0.05) is 30.3 Å². The third-order valence-corrected chi connectivity index (χ3v) is 2.55. The van der Waals surface area contributed by atoms with Crippen molar-refractivity contribution in [3.8, 4) is 0 Å². The highest BCUT2D eigenvalue weighted by molar-refractivity contribution is 6.41. The Morgan fingerprint density at radius 1 is 1.28 bits per heavy atom. The molecular weight excluding hydrogens is 256 g/mol. The van der Waals surface area contributed by atoms with Gasteiger partial charge in [-0.05, 0) is 12.5 Å². The quantitative estimate of drug-likeness (QED) is 0.432. The van der Waals surface area contributed by atoms with Crippen molar-refractivity contribution in [1.29, 1.82) is 0 Å². The van der Waals surface area contributed by atoms with E-state index in [2.05, 4.69) is 4.74 Å². The zero-order chi connectivity index (χ0) is 13.4. The Kier molecular flexibility index (Phi) is 6.39. The molecule has 98 valence electrons. The summed E-state index contributed by atoms with van der Waals surface area (Å²) in [5, 5.41) is -1.29. The van der Waals surface area contributed by atoms with Gasteiger partial charge in [0.15, 0.2) is 11.2 Å². The number of halogens is 1. The molecule has 0 amide bonds. The summed E-state index contributed by atoms with van der Waals surface area (Å²) >= 11 is 5.64. The van der Waals surface area contributed by atoms with Crippen molar-refractivity contribution < 1.29 is 19.1 Å². The number of hydrogen-bond donors (Lipinski definition) is 0. The van der Waals surface area contributed by atoms with E-state index in [4.69, 9.17) is 16.3 Å². The van der Waals surface area contributed by atoms with Gasteiger partial charge in [0, 0.05) is 0 Å². The fourth-order valence-electron chi connectivity index (χ4n) is 1.26. The highest BCUT2D eigenvalue weighted by Gasteiger charge is 2.24. The van der Waals surface area contributed by atoms with Crippen LogP contribution in [0.1, 0.15) is 12.5 Å². The molecule has 5 heteroatoms. The minimum Gasteiger partial charge on any atom is -0.465 e. The van der Waals surface area contributed by atoms with Crippen LogP contribution in [-0.4, -0.2) is 30.3 Å². The molecule has 1 unspecified atom stereocenters. The van der Waals surface area contributed by atoms with Crippen LogP contribution in [0.25, 0.3) is 0 Å². The number of alkyl halides is 1. The predicted octanol–water partition coefficient (Wildman–Crippen LogP) is 1.94. The number of ether oxygens (including phenoxy) is 2. The molecule has 0 aliphatic rings. The Hall–Kier alpha value is -1.39. The maximum absolute atomic E-state index is 11.5. The Morgan fingerprint density at radius 3 is 2.56 bits per heavy atom. The van der Waals surface area contributed by atoms with E-state index in [0.29, 0.717) is 6.61 Å². The molecule has 0 aromatic heterocycles. The lowest BCUT2D eigenvalue weighted by atomic mass is 10.2. The van der Waals surface area contributed by atoms with E-state index in [1.165, 1.54) is 0 Å². The van der Waals surface area contributed by atoms with Crippen molar-refractivity contribution in [3.63, 3.8) is 0 Å². The molecule has 1 rings (SSSR count). The Morgan fingerprint density at radius 2 is 1.94 bits per heavy atom. The summed E-state index contributed by atoms with van der Waals surface area (Å²) in [5.41, 5.74) is 0.951. The van der Waals surface area contributed by atoms with Gasteiger partial charge in [-0.15, -0.1) is 11.6 Å². The zero-order valence-corrected chi connectivity index (χ0v) is 10.9. The summed E-state index contributed by atoms with van der Waals surface area (Å²) in [5.74, 6) is -1.22. The van der Waals surface area contributed by atoms with Crippen molar-refractivity contribution in [2.45, 2.75) is 18.9 Å². The van der Waals surface area contributed by atoms with Gasteiger partial charge in [0.1, 0.15) is 6.61 Å². The van der Waals surface area contributed by atoms with Crippen LogP contribution < -0.4 is 0 Å². The van der Waals surface area contributed by atoms with E-state index in [0.717, 1.165) is 5.56 Å². The van der Waals surface area contributed by atoms with Gasteiger partial charge in [-0.3, -0.25) is 4.79 Å². The standard InChI is InChI=1S/C13H15ClO4/c1-2-18-13(16)12(14)11(15)9-17-8-10-6-4-3-5-7-10/h3-7,12H,2,8-9H2,1H3. The molecule has 4 nitrogen and oxygen atoms in total. The maximum Gasteiger partial charge on any atom is 0.331 e. The second-order valence-corrected chi connectivity index (χ2v) is 4.00. The zero-order valence-electron chi connectivity index (χ0n) is 10.1. The molecular formula is C13H15ClO4. The lowest BCUT2D eigenvalue weighted by molar-refractivity contribution is -0.146. The Labute approximate surface area is 111 Å². The van der Waals surface area contributed by atoms with Crippen molar-refractivity contribution in [2.24, 2.45) is 0 Å². The lowest BCUT2D eigenvalue weighted by Crippen LogP contribution is -2.29. The Bertz CT molecular complexity index is 391. The average Bonchev–Trinajstić information content (AvgIpc) is 2.39. The molecule has 0 saturated carbocycles. The number of ketones is 1. The van der Waals surface area contributed by atoms with Crippen molar-refractivity contribution >= 4 is 23.4 Å². The molecule has 0 spiro atoms. The van der Waals surface area contributed by atoms with Crippen LogP contribution in [0.3, 0.4) is 0 Å². The topological polar surface area (TPSA) is 52.6 Å². The summed E-state index contributed by atoms with van der Waals surface area (Å²) in [7, 11) is 0. The fraction of sp³-hybridized carbons (Fsp3) is 0.385. The van der Waals surface area contributed by atoms with E-state index in [1.807, 2.05) is 30.3 Å². The highest BCUT2D eigenvalue weighted by Crippen LogP contribution is 2.04. The summed E-state index contributed by atoms with van der Waals surface area (Å²) in [4.78, 5) is 22.7. The second-order valence-electron chi connectivity index (χ2n) is 3.56. The van der Waals surface area contributed by atoms with Crippen LogP contribution in [0.2, 0.25) is 0 Å². The van der Waals surface area contributed by atoms with E-state index in [-0.39, 0.29) is 13.2 Å². The first-order valence-corrected chi connectivity index (χ1v) is 6.04. The van der Waals surface area contributed by atoms with Crippen LogP contribution in [0.4, 0.5) is 0 Å². The third-order valence-electron chi connectivity index (χ3n) is 2.13. The summed E-state index contributed by atoms with van der Waals surface area (Å²) in [6.45, 7) is 1.94. The van der Waals surface area contributed by atoms with Crippen molar-refractivity contribution in [2.75, 3.05) is 13.2 Å². The van der Waals surface area contributed by atoms with Crippen LogP contribution in [-0.2, 0) is 25.7 Å². The minimum atomic E-state index is -1.29. The number of carbonyl (C=O) groups is 2. The molecule has 18 heavy (non-hydrogen) atoms. The van der Waals surface area contributed by atoms with Gasteiger partial charge in [0.2, 0.25) is 0 Å². The van der Waals surface area contributed by atoms with E-state index in [9.17, 15) is 9.59 Å². The van der Waals surface area contributed by atoms with Gasteiger partial charge in [-0.2, -0.15) is 0 Å². The predicted molar refractivity (Wildman–Crippen MR) is 67.4 cm³/mol. The first-order valence-electron chi connectivity index (χ1n) is 5.60. The van der Waals surface area contributed by atoms with Gasteiger partial charge >= 0.3 is 5.97 Å². The van der Waals surface area contributed by atoms with E-state index < -0.39 is 17.1 Å². The summed E-state index contributed by atoms with van der Waals surface area (Å²) < 4.78 is 9.83. The van der Waals surface area contributed by atoms with Crippen LogP contribution >= 0.6 is 11.6 Å². The Balaban J connectivity index is 2.31. The van der Waals surface area contributed by atoms with E-state index >= 15 is 0 Å². The number of carbonyl (C=O) groups excluding carboxylic acids is 2. The second kappa shape index (κ2) is 7.84. The summed E-state index contributed by atoms with van der Waals surface area (Å²) in [6.07, 6.45) is 0. The normalized spacial score (nSPS) is 11.9.